The first-order valence-corrected chi connectivity index (χ1v) is 8.14. The Labute approximate surface area is 141 Å². The van der Waals surface area contributed by atoms with Crippen LogP contribution in [0.3, 0.4) is 0 Å². The number of aryl methyl sites for hydroxylation is 3. The topological polar surface area (TPSA) is 50.2 Å². The van der Waals surface area contributed by atoms with E-state index in [4.69, 9.17) is 11.6 Å². The Kier molecular flexibility index (Phi) is 4.41. The highest BCUT2D eigenvalue weighted by atomic mass is 35.5. The second-order valence-corrected chi connectivity index (χ2v) is 6.40. The zero-order valence-corrected chi connectivity index (χ0v) is 14.4. The number of rotatable bonds is 4. The minimum atomic E-state index is -0.178. The van der Waals surface area contributed by atoms with Gasteiger partial charge in [-0.25, -0.2) is 0 Å². The van der Waals surface area contributed by atoms with Crippen LogP contribution in [0.5, 0.6) is 0 Å². The van der Waals surface area contributed by atoms with Crippen molar-refractivity contribution in [1.29, 1.82) is 0 Å². The molecule has 0 bridgehead atoms. The van der Waals surface area contributed by atoms with Crippen molar-refractivity contribution in [1.82, 2.24) is 15.1 Å². The monoisotopic (exact) mass is 332 g/mol. The summed E-state index contributed by atoms with van der Waals surface area (Å²) in [5.74, 6) is 0.115. The van der Waals surface area contributed by atoms with Gasteiger partial charge in [-0.15, -0.1) is 0 Å². The molecule has 0 radical (unpaired) electrons. The molecule has 23 heavy (non-hydrogen) atoms. The van der Waals surface area contributed by atoms with Crippen molar-refractivity contribution < 1.29 is 4.79 Å². The molecule has 2 heterocycles. The van der Waals surface area contributed by atoms with Gasteiger partial charge in [0.2, 0.25) is 5.91 Å². The minimum Gasteiger partial charge on any atom is -0.311 e. The Balaban J connectivity index is 1.66. The summed E-state index contributed by atoms with van der Waals surface area (Å²) >= 11 is 6.26. The largest absolute Gasteiger partial charge is 0.311 e. The molecule has 1 saturated heterocycles. The normalized spacial score (nSPS) is 18.0. The molecule has 122 valence electrons. The predicted octanol–water partition coefficient (Wildman–Crippen LogP) is 2.59. The first-order valence-electron chi connectivity index (χ1n) is 7.77. The smallest absolute Gasteiger partial charge is 0.244 e. The number of carbonyl (C=O) groups is 1. The van der Waals surface area contributed by atoms with Crippen molar-refractivity contribution in [2.75, 3.05) is 11.4 Å². The van der Waals surface area contributed by atoms with E-state index >= 15 is 0 Å². The second kappa shape index (κ2) is 6.34. The fourth-order valence-corrected chi connectivity index (χ4v) is 3.17. The zero-order chi connectivity index (χ0) is 16.6. The molecule has 0 aliphatic carbocycles. The highest BCUT2D eigenvalue weighted by molar-refractivity contribution is 6.31. The third-order valence-electron chi connectivity index (χ3n) is 4.33. The van der Waals surface area contributed by atoms with Gasteiger partial charge in [0.25, 0.3) is 0 Å². The summed E-state index contributed by atoms with van der Waals surface area (Å²) in [5.41, 5.74) is 3.87. The molecule has 0 saturated carbocycles. The average Bonchev–Trinajstić information content (AvgIpc) is 2.99. The molecular formula is C17H21ClN4O. The molecule has 0 spiro atoms. The lowest BCUT2D eigenvalue weighted by atomic mass is 10.2. The molecule has 1 aliphatic rings. The summed E-state index contributed by atoms with van der Waals surface area (Å²) in [6, 6.07) is 7.87. The van der Waals surface area contributed by atoms with Gasteiger partial charge in [0.05, 0.1) is 22.5 Å². The van der Waals surface area contributed by atoms with Gasteiger partial charge in [0, 0.05) is 25.8 Å². The van der Waals surface area contributed by atoms with Gasteiger partial charge in [-0.3, -0.25) is 9.48 Å². The van der Waals surface area contributed by atoms with Gasteiger partial charge in [-0.2, -0.15) is 5.10 Å². The number of nitrogens with zero attached hydrogens (tertiary/aromatic N) is 3. The van der Waals surface area contributed by atoms with Crippen LogP contribution in [0.2, 0.25) is 5.02 Å². The molecule has 1 fully saturated rings. The lowest BCUT2D eigenvalue weighted by molar-refractivity contribution is -0.118. The minimum absolute atomic E-state index is 0.115. The van der Waals surface area contributed by atoms with E-state index in [1.54, 1.807) is 4.68 Å². The number of halogens is 1. The van der Waals surface area contributed by atoms with E-state index in [-0.39, 0.29) is 11.9 Å². The van der Waals surface area contributed by atoms with Crippen molar-refractivity contribution in [3.63, 3.8) is 0 Å². The SMILES string of the molecule is Cc1ccc(N2CCC(NCc3c(Cl)c(C)nn3C)C2=O)cc1. The molecule has 1 unspecified atom stereocenters. The Bertz CT molecular complexity index is 723. The lowest BCUT2D eigenvalue weighted by Gasteiger charge is -2.17. The van der Waals surface area contributed by atoms with Crippen LogP contribution < -0.4 is 10.2 Å². The van der Waals surface area contributed by atoms with E-state index in [9.17, 15) is 4.79 Å². The number of benzene rings is 1. The summed E-state index contributed by atoms with van der Waals surface area (Å²) in [6.07, 6.45) is 0.793. The predicted molar refractivity (Wildman–Crippen MR) is 91.7 cm³/mol. The number of hydrogen-bond donors (Lipinski definition) is 1. The average molecular weight is 333 g/mol. The van der Waals surface area contributed by atoms with Gasteiger partial charge < -0.3 is 10.2 Å². The molecule has 2 aromatic rings. The summed E-state index contributed by atoms with van der Waals surface area (Å²) in [7, 11) is 1.87. The van der Waals surface area contributed by atoms with Crippen molar-refractivity contribution in [2.45, 2.75) is 32.9 Å². The van der Waals surface area contributed by atoms with E-state index in [1.807, 2.05) is 50.1 Å². The molecule has 3 rings (SSSR count). The first-order chi connectivity index (χ1) is 11.0. The summed E-state index contributed by atoms with van der Waals surface area (Å²) in [5, 5.41) is 8.28. The van der Waals surface area contributed by atoms with Crippen LogP contribution in [0.25, 0.3) is 0 Å². The third kappa shape index (κ3) is 3.12. The lowest BCUT2D eigenvalue weighted by Crippen LogP contribution is -2.38. The van der Waals surface area contributed by atoms with Crippen molar-refractivity contribution in [2.24, 2.45) is 7.05 Å². The standard InChI is InChI=1S/C17H21ClN4O/c1-11-4-6-13(7-5-11)22-9-8-14(17(22)23)19-10-15-16(18)12(2)20-21(15)3/h4-7,14,19H,8-10H2,1-3H3. The highest BCUT2D eigenvalue weighted by Gasteiger charge is 2.32. The van der Waals surface area contributed by atoms with Crippen molar-refractivity contribution in [3.8, 4) is 0 Å². The zero-order valence-electron chi connectivity index (χ0n) is 13.6. The van der Waals surface area contributed by atoms with E-state index in [0.29, 0.717) is 11.6 Å². The fraction of sp³-hybridized carbons (Fsp3) is 0.412. The van der Waals surface area contributed by atoms with Crippen LogP contribution in [-0.2, 0) is 18.4 Å². The van der Waals surface area contributed by atoms with Crippen molar-refractivity contribution >= 4 is 23.2 Å². The number of hydrogen-bond acceptors (Lipinski definition) is 3. The molecule has 6 heteroatoms. The molecule has 1 atom stereocenters. The Morgan fingerprint density at radius 3 is 2.61 bits per heavy atom. The van der Waals surface area contributed by atoms with Gasteiger partial charge in [0.1, 0.15) is 0 Å². The molecule has 1 aromatic heterocycles. The van der Waals surface area contributed by atoms with E-state index < -0.39 is 0 Å². The van der Waals surface area contributed by atoms with E-state index in [2.05, 4.69) is 10.4 Å². The Morgan fingerprint density at radius 1 is 1.30 bits per heavy atom. The number of amides is 1. The van der Waals surface area contributed by atoms with E-state index in [0.717, 1.165) is 30.0 Å². The number of nitrogens with one attached hydrogen (secondary N) is 1. The summed E-state index contributed by atoms with van der Waals surface area (Å²) in [4.78, 5) is 14.4. The summed E-state index contributed by atoms with van der Waals surface area (Å²) < 4.78 is 1.77. The maximum absolute atomic E-state index is 12.6. The van der Waals surface area contributed by atoms with Crippen LogP contribution in [0.4, 0.5) is 5.69 Å². The van der Waals surface area contributed by atoms with Crippen LogP contribution >= 0.6 is 11.6 Å². The molecular weight excluding hydrogens is 312 g/mol. The van der Waals surface area contributed by atoms with E-state index in [1.165, 1.54) is 5.56 Å². The molecule has 1 amide bonds. The number of anilines is 1. The fourth-order valence-electron chi connectivity index (χ4n) is 2.94. The highest BCUT2D eigenvalue weighted by Crippen LogP contribution is 2.23. The van der Waals surface area contributed by atoms with Crippen LogP contribution in [0, 0.1) is 13.8 Å². The Hall–Kier alpha value is -1.85. The molecule has 1 N–H and O–H groups in total. The van der Waals surface area contributed by atoms with Gasteiger partial charge in [-0.05, 0) is 32.4 Å². The van der Waals surface area contributed by atoms with Crippen LogP contribution in [0.15, 0.2) is 24.3 Å². The molecule has 1 aromatic carbocycles. The summed E-state index contributed by atoms with van der Waals surface area (Å²) in [6.45, 7) is 5.19. The number of carbonyl (C=O) groups excluding carboxylic acids is 1. The van der Waals surface area contributed by atoms with Crippen molar-refractivity contribution in [3.05, 3.63) is 46.2 Å². The molecule has 5 nitrogen and oxygen atoms in total. The Morgan fingerprint density at radius 2 is 2.00 bits per heavy atom. The van der Waals surface area contributed by atoms with Crippen LogP contribution in [0.1, 0.15) is 23.4 Å². The quantitative estimate of drug-likeness (QED) is 0.936. The van der Waals surface area contributed by atoms with Gasteiger partial charge >= 0.3 is 0 Å². The van der Waals surface area contributed by atoms with Gasteiger partial charge in [-0.1, -0.05) is 29.3 Å². The van der Waals surface area contributed by atoms with Gasteiger partial charge in [0.15, 0.2) is 0 Å². The number of aromatic nitrogens is 2. The second-order valence-electron chi connectivity index (χ2n) is 6.02. The third-order valence-corrected chi connectivity index (χ3v) is 4.82. The first kappa shape index (κ1) is 16.0. The maximum Gasteiger partial charge on any atom is 0.244 e. The van der Waals surface area contributed by atoms with Crippen LogP contribution in [-0.4, -0.2) is 28.3 Å². The molecule has 1 aliphatic heterocycles. The maximum atomic E-state index is 12.6.